The van der Waals surface area contributed by atoms with Gasteiger partial charge in [0.05, 0.1) is 22.5 Å². The minimum absolute atomic E-state index is 0.104. The molecule has 0 spiro atoms. The van der Waals surface area contributed by atoms with Crippen molar-refractivity contribution in [1.29, 1.82) is 0 Å². The highest BCUT2D eigenvalue weighted by Crippen LogP contribution is 2.30. The second-order valence-electron chi connectivity index (χ2n) is 9.99. The Morgan fingerprint density at radius 1 is 0.974 bits per heavy atom. The van der Waals surface area contributed by atoms with Gasteiger partial charge < -0.3 is 20.2 Å². The van der Waals surface area contributed by atoms with Crippen LogP contribution in [-0.2, 0) is 14.4 Å². The molecule has 11 heteroatoms. The fourth-order valence-corrected chi connectivity index (χ4v) is 5.62. The van der Waals surface area contributed by atoms with E-state index < -0.39 is 42.2 Å². The number of hydrogen-bond acceptors (Lipinski definition) is 4. The van der Waals surface area contributed by atoms with Gasteiger partial charge in [-0.15, -0.1) is 0 Å². The number of aliphatic carboxylic acids is 1. The maximum Gasteiger partial charge on any atom is 0.305 e. The number of carboxylic acid groups (broad SMARTS) is 1. The van der Waals surface area contributed by atoms with Crippen molar-refractivity contribution in [2.75, 3.05) is 13.1 Å². The molecule has 2 N–H and O–H groups in total. The van der Waals surface area contributed by atoms with Crippen LogP contribution in [-0.4, -0.2) is 57.9 Å². The normalized spacial score (nSPS) is 18.3. The predicted octanol–water partition coefficient (Wildman–Crippen LogP) is 5.05. The third-order valence-corrected chi connectivity index (χ3v) is 8.10. The highest BCUT2D eigenvalue weighted by Gasteiger charge is 2.43. The van der Waals surface area contributed by atoms with Crippen molar-refractivity contribution in [1.82, 2.24) is 15.1 Å². The van der Waals surface area contributed by atoms with Crippen LogP contribution in [0.5, 0.6) is 0 Å². The minimum atomic E-state index is -1.29. The summed E-state index contributed by atoms with van der Waals surface area (Å²) in [7, 11) is 0. The fraction of sp³-hybridized carbons (Fsp3) is 0.429. The molecule has 8 nitrogen and oxygen atoms in total. The molecule has 2 unspecified atom stereocenters. The summed E-state index contributed by atoms with van der Waals surface area (Å²) in [6, 6.07) is 8.48. The van der Waals surface area contributed by atoms with Gasteiger partial charge in [0.25, 0.3) is 11.8 Å². The number of benzene rings is 2. The van der Waals surface area contributed by atoms with Crippen LogP contribution in [0.15, 0.2) is 42.5 Å². The highest BCUT2D eigenvalue weighted by molar-refractivity contribution is 6.42. The zero-order valence-corrected chi connectivity index (χ0v) is 22.8. The van der Waals surface area contributed by atoms with E-state index in [-0.39, 0.29) is 41.0 Å². The summed E-state index contributed by atoms with van der Waals surface area (Å²) in [5.74, 6) is -2.68. The van der Waals surface area contributed by atoms with Crippen molar-refractivity contribution >= 4 is 46.9 Å². The van der Waals surface area contributed by atoms with Crippen LogP contribution in [0, 0.1) is 11.7 Å². The quantitative estimate of drug-likeness (QED) is 0.434. The predicted molar refractivity (Wildman–Crippen MR) is 144 cm³/mol. The Kier molecular flexibility index (Phi) is 9.45. The molecule has 39 heavy (non-hydrogen) atoms. The fourth-order valence-electron chi connectivity index (χ4n) is 5.32. The number of amides is 3. The van der Waals surface area contributed by atoms with Gasteiger partial charge >= 0.3 is 5.97 Å². The number of rotatable bonds is 9. The maximum atomic E-state index is 13.7. The van der Waals surface area contributed by atoms with Crippen LogP contribution >= 0.6 is 23.2 Å². The molecule has 0 radical (unpaired) electrons. The van der Waals surface area contributed by atoms with Gasteiger partial charge in [0.2, 0.25) is 5.91 Å². The van der Waals surface area contributed by atoms with Crippen LogP contribution in [0.1, 0.15) is 66.9 Å². The first kappa shape index (κ1) is 28.8. The second-order valence-corrected chi connectivity index (χ2v) is 10.8. The molecular formula is C28H30Cl2FN3O5. The first-order chi connectivity index (χ1) is 18.6. The smallest absolute Gasteiger partial charge is 0.305 e. The Balaban J connectivity index is 1.60. The van der Waals surface area contributed by atoms with Crippen LogP contribution in [0.4, 0.5) is 4.39 Å². The van der Waals surface area contributed by atoms with Crippen LogP contribution in [0.3, 0.4) is 0 Å². The van der Waals surface area contributed by atoms with Gasteiger partial charge in [-0.3, -0.25) is 19.2 Å². The Labute approximate surface area is 236 Å². The first-order valence-corrected chi connectivity index (χ1v) is 13.7. The number of carbonyl (C=O) groups is 4. The summed E-state index contributed by atoms with van der Waals surface area (Å²) in [5.41, 5.74) is 0.578. The molecule has 0 aromatic heterocycles. The molecule has 2 aromatic carbocycles. The molecule has 2 aromatic rings. The van der Waals surface area contributed by atoms with E-state index in [0.717, 1.165) is 25.7 Å². The Bertz CT molecular complexity index is 1240. The van der Waals surface area contributed by atoms with Gasteiger partial charge in [0, 0.05) is 25.1 Å². The Morgan fingerprint density at radius 3 is 2.28 bits per heavy atom. The van der Waals surface area contributed by atoms with Crippen molar-refractivity contribution in [3.63, 3.8) is 0 Å². The summed E-state index contributed by atoms with van der Waals surface area (Å²) >= 11 is 12.1. The summed E-state index contributed by atoms with van der Waals surface area (Å²) in [5, 5.41) is 12.6. The minimum Gasteiger partial charge on any atom is -0.481 e. The molecular weight excluding hydrogens is 548 g/mol. The van der Waals surface area contributed by atoms with Crippen molar-refractivity contribution in [3.8, 4) is 0 Å². The molecule has 0 bridgehead atoms. The molecule has 4 rings (SSSR count). The van der Waals surface area contributed by atoms with E-state index in [1.165, 1.54) is 52.3 Å². The lowest BCUT2D eigenvalue weighted by atomic mass is 10.0. The molecule has 1 aliphatic heterocycles. The summed E-state index contributed by atoms with van der Waals surface area (Å²) in [6.07, 6.45) is 3.64. The molecule has 2 aliphatic rings. The van der Waals surface area contributed by atoms with Gasteiger partial charge in [-0.1, -0.05) is 61.0 Å². The molecule has 1 heterocycles. The van der Waals surface area contributed by atoms with Gasteiger partial charge in [0.1, 0.15) is 5.82 Å². The number of carboxylic acids is 1. The van der Waals surface area contributed by atoms with E-state index >= 15 is 0 Å². The van der Waals surface area contributed by atoms with Crippen LogP contribution < -0.4 is 5.32 Å². The second kappa shape index (κ2) is 12.8. The third-order valence-electron chi connectivity index (χ3n) is 7.36. The van der Waals surface area contributed by atoms with Crippen molar-refractivity contribution in [3.05, 3.63) is 69.5 Å². The molecule has 2 atom stereocenters. The van der Waals surface area contributed by atoms with Crippen LogP contribution in [0.25, 0.3) is 0 Å². The summed E-state index contributed by atoms with van der Waals surface area (Å²) in [4.78, 5) is 54.8. The lowest BCUT2D eigenvalue weighted by Gasteiger charge is -2.31. The lowest BCUT2D eigenvalue weighted by molar-refractivity contribution is -0.143. The molecule has 3 amide bonds. The Hall–Kier alpha value is -3.17. The van der Waals surface area contributed by atoms with Gasteiger partial charge in [-0.25, -0.2) is 4.39 Å². The maximum absolute atomic E-state index is 13.7. The number of hydrogen-bond donors (Lipinski definition) is 2. The molecule has 1 saturated heterocycles. The van der Waals surface area contributed by atoms with Crippen LogP contribution in [0.2, 0.25) is 10.0 Å². The zero-order chi connectivity index (χ0) is 28.1. The van der Waals surface area contributed by atoms with E-state index in [1.807, 2.05) is 0 Å². The Morgan fingerprint density at radius 2 is 1.64 bits per heavy atom. The lowest BCUT2D eigenvalue weighted by Crippen LogP contribution is -2.54. The molecule has 2 fully saturated rings. The third kappa shape index (κ3) is 7.08. The molecule has 1 aliphatic carbocycles. The summed E-state index contributed by atoms with van der Waals surface area (Å²) in [6.45, 7) is 0.251. The monoisotopic (exact) mass is 577 g/mol. The van der Waals surface area contributed by atoms with Gasteiger partial charge in [0.15, 0.2) is 6.17 Å². The van der Waals surface area contributed by atoms with E-state index in [4.69, 9.17) is 23.2 Å². The van der Waals surface area contributed by atoms with E-state index in [9.17, 15) is 28.7 Å². The van der Waals surface area contributed by atoms with E-state index in [0.29, 0.717) is 17.9 Å². The standard InChI is InChI=1S/C28H30Cl2FN3O5/c29-21-11-8-19(15-22(21)30)28(39)34-14-13-33(24(35)12-5-17-3-1-2-4-17)27(34)26(38)32-23(16-25(36)37)18-6-9-20(31)10-7-18/h6-11,15,17,23,27H,1-5,12-14,16H2,(H,32,38)(H,36,37). The van der Waals surface area contributed by atoms with Gasteiger partial charge in [-0.2, -0.15) is 0 Å². The number of nitrogens with zero attached hydrogens (tertiary/aromatic N) is 2. The highest BCUT2D eigenvalue weighted by atomic mass is 35.5. The summed E-state index contributed by atoms with van der Waals surface area (Å²) < 4.78 is 13.5. The van der Waals surface area contributed by atoms with Crippen molar-refractivity contribution in [2.24, 2.45) is 5.92 Å². The number of halogens is 3. The van der Waals surface area contributed by atoms with Crippen molar-refractivity contribution < 1.29 is 28.7 Å². The molecule has 208 valence electrons. The number of carbonyl (C=O) groups excluding carboxylic acids is 3. The average Bonchev–Trinajstić information content (AvgIpc) is 3.59. The SMILES string of the molecule is O=C(O)CC(NC(=O)C1N(C(=O)CCC2CCCC2)CCN1C(=O)c1ccc(Cl)c(Cl)c1)c1ccc(F)cc1. The van der Waals surface area contributed by atoms with E-state index in [1.54, 1.807) is 0 Å². The largest absolute Gasteiger partial charge is 0.481 e. The number of nitrogens with one attached hydrogen (secondary N) is 1. The first-order valence-electron chi connectivity index (χ1n) is 13.0. The van der Waals surface area contributed by atoms with Gasteiger partial charge in [-0.05, 0) is 48.2 Å². The van der Waals surface area contributed by atoms with Crippen molar-refractivity contribution in [2.45, 2.75) is 57.2 Å². The average molecular weight is 578 g/mol. The zero-order valence-electron chi connectivity index (χ0n) is 21.2. The molecule has 1 saturated carbocycles. The van der Waals surface area contributed by atoms with E-state index in [2.05, 4.69) is 5.32 Å². The topological polar surface area (TPSA) is 107 Å².